The minimum Gasteiger partial charge on any atom is -0.303 e. The van der Waals surface area contributed by atoms with E-state index in [2.05, 4.69) is 76.2 Å². The van der Waals surface area contributed by atoms with Crippen molar-refractivity contribution in [2.75, 3.05) is 0 Å². The van der Waals surface area contributed by atoms with E-state index >= 15 is 0 Å². The van der Waals surface area contributed by atoms with Crippen LogP contribution in [0.15, 0.2) is 121 Å². The van der Waals surface area contributed by atoms with E-state index in [1.54, 1.807) is 0 Å². The van der Waals surface area contributed by atoms with Crippen LogP contribution in [-0.2, 0) is 9.13 Å². The Balaban J connectivity index is 0. The maximum absolute atomic E-state index is 8.88. The summed E-state index contributed by atoms with van der Waals surface area (Å²) in [4.78, 5) is 43.1. The summed E-state index contributed by atoms with van der Waals surface area (Å²) in [5.41, 5.74) is 5.29. The molecule has 208 valence electrons. The summed E-state index contributed by atoms with van der Waals surface area (Å²) in [6.07, 6.45) is 0. The van der Waals surface area contributed by atoms with Gasteiger partial charge in [-0.05, 0) is 27.7 Å². The summed E-state index contributed by atoms with van der Waals surface area (Å²) >= 11 is 0. The van der Waals surface area contributed by atoms with Gasteiger partial charge in [0.15, 0.2) is 0 Å². The van der Waals surface area contributed by atoms with Gasteiger partial charge in [-0.15, -0.1) is 0 Å². The lowest BCUT2D eigenvalue weighted by molar-refractivity contribution is 0.272. The molecule has 0 heterocycles. The molecule has 0 aliphatic heterocycles. The largest absolute Gasteiger partial charge is 0.466 e. The Morgan fingerprint density at radius 3 is 0.500 bits per heavy atom. The van der Waals surface area contributed by atoms with Gasteiger partial charge in [0.1, 0.15) is 0 Å². The lowest BCUT2D eigenvalue weighted by atomic mass is 10.2. The zero-order valence-electron chi connectivity index (χ0n) is 21.9. The number of rotatable bonds is 0. The van der Waals surface area contributed by atoms with Gasteiger partial charge in [-0.1, -0.05) is 144 Å². The molecular formula is C28H38O8P2. The molecule has 0 aliphatic rings. The molecule has 4 aromatic carbocycles. The molecule has 0 amide bonds. The van der Waals surface area contributed by atoms with E-state index in [0.29, 0.717) is 0 Å². The van der Waals surface area contributed by atoms with Crippen LogP contribution in [0.3, 0.4) is 0 Å². The molecule has 8 nitrogen and oxygen atoms in total. The highest BCUT2D eigenvalue weighted by molar-refractivity contribution is 7.45. The summed E-state index contributed by atoms with van der Waals surface area (Å²) in [5.74, 6) is 0. The highest BCUT2D eigenvalue weighted by Crippen LogP contribution is 2.26. The Morgan fingerprint density at radius 2 is 0.447 bits per heavy atom. The third-order valence-corrected chi connectivity index (χ3v) is 3.76. The van der Waals surface area contributed by atoms with E-state index in [0.717, 1.165) is 0 Å². The minimum atomic E-state index is -4.64. The van der Waals surface area contributed by atoms with Crippen LogP contribution in [0.5, 0.6) is 0 Å². The van der Waals surface area contributed by atoms with Crippen molar-refractivity contribution in [1.29, 1.82) is 0 Å². The predicted octanol–water partition coefficient (Wildman–Crippen LogP) is 6.12. The molecule has 38 heavy (non-hydrogen) atoms. The first kappa shape index (κ1) is 37.3. The van der Waals surface area contributed by atoms with Crippen molar-refractivity contribution in [3.05, 3.63) is 144 Å². The highest BCUT2D eigenvalue weighted by atomic mass is 31.2. The number of phosphoric acid groups is 2. The molecule has 4 rings (SSSR count). The molecular weight excluding hydrogens is 526 g/mol. The van der Waals surface area contributed by atoms with Gasteiger partial charge in [-0.25, -0.2) is 9.13 Å². The fraction of sp³-hybridized carbons (Fsp3) is 0.143. The molecule has 10 heteroatoms. The standard InChI is InChI=1S/4C7H8.2H3O4P/c4*1-7-5-3-2-4-6-7;2*1-5(2,3)4/h4*2-6H,1H3;2*(H3,1,2,3,4). The first-order valence-corrected chi connectivity index (χ1v) is 14.3. The molecule has 0 atom stereocenters. The Kier molecular flexibility index (Phi) is 21.7. The van der Waals surface area contributed by atoms with Gasteiger partial charge >= 0.3 is 15.6 Å². The zero-order chi connectivity index (χ0) is 29.5. The summed E-state index contributed by atoms with van der Waals surface area (Å²) in [6.45, 7) is 8.33. The Bertz CT molecular complexity index is 962. The molecule has 0 bridgehead atoms. The van der Waals surface area contributed by atoms with Gasteiger partial charge in [-0.3, -0.25) is 0 Å². The maximum Gasteiger partial charge on any atom is 0.466 e. The van der Waals surface area contributed by atoms with Gasteiger partial charge in [0.25, 0.3) is 0 Å². The molecule has 0 fully saturated rings. The van der Waals surface area contributed by atoms with Crippen molar-refractivity contribution in [3.8, 4) is 0 Å². The first-order valence-electron chi connectivity index (χ1n) is 11.2. The molecule has 0 aliphatic carbocycles. The van der Waals surface area contributed by atoms with Crippen LogP contribution in [0.25, 0.3) is 0 Å². The minimum absolute atomic E-state index is 1.32. The zero-order valence-corrected chi connectivity index (χ0v) is 23.7. The van der Waals surface area contributed by atoms with E-state index in [4.69, 9.17) is 38.5 Å². The third-order valence-electron chi connectivity index (χ3n) is 3.76. The van der Waals surface area contributed by atoms with Crippen LogP contribution < -0.4 is 0 Å². The number of benzene rings is 4. The van der Waals surface area contributed by atoms with E-state index in [9.17, 15) is 0 Å². The van der Waals surface area contributed by atoms with Crippen molar-refractivity contribution in [3.63, 3.8) is 0 Å². The second-order valence-corrected chi connectivity index (χ2v) is 9.70. The van der Waals surface area contributed by atoms with Gasteiger partial charge in [0.05, 0.1) is 0 Å². The van der Waals surface area contributed by atoms with E-state index in [1.165, 1.54) is 22.3 Å². The van der Waals surface area contributed by atoms with Crippen LogP contribution in [0.2, 0.25) is 0 Å². The van der Waals surface area contributed by atoms with Gasteiger partial charge in [-0.2, -0.15) is 0 Å². The topological polar surface area (TPSA) is 156 Å². The van der Waals surface area contributed by atoms with Crippen molar-refractivity contribution in [1.82, 2.24) is 0 Å². The molecule has 0 radical (unpaired) electrons. The number of aryl methyl sites for hydroxylation is 4. The van der Waals surface area contributed by atoms with Crippen LogP contribution in [0.1, 0.15) is 22.3 Å². The van der Waals surface area contributed by atoms with Crippen molar-refractivity contribution < 1.29 is 38.5 Å². The quantitative estimate of drug-likeness (QED) is 0.140. The van der Waals surface area contributed by atoms with Crippen LogP contribution in [-0.4, -0.2) is 29.4 Å². The SMILES string of the molecule is Cc1ccccc1.Cc1ccccc1.Cc1ccccc1.Cc1ccccc1.O=P(O)(O)O.O=P(O)(O)O. The van der Waals surface area contributed by atoms with E-state index in [-0.39, 0.29) is 0 Å². The molecule has 0 spiro atoms. The lowest BCUT2D eigenvalue weighted by Gasteiger charge is -1.82. The summed E-state index contributed by atoms with van der Waals surface area (Å²) in [7, 11) is -9.28. The van der Waals surface area contributed by atoms with Crippen molar-refractivity contribution >= 4 is 15.6 Å². The molecule has 0 saturated heterocycles. The third kappa shape index (κ3) is 40.3. The Morgan fingerprint density at radius 1 is 0.342 bits per heavy atom. The average Bonchev–Trinajstić information content (AvgIpc) is 2.80. The van der Waals surface area contributed by atoms with E-state index < -0.39 is 15.6 Å². The van der Waals surface area contributed by atoms with Gasteiger partial charge in [0, 0.05) is 0 Å². The molecule has 0 saturated carbocycles. The summed E-state index contributed by atoms with van der Waals surface area (Å²) in [6, 6.07) is 41.0. The van der Waals surface area contributed by atoms with E-state index in [1.807, 2.05) is 72.8 Å². The van der Waals surface area contributed by atoms with Crippen LogP contribution >= 0.6 is 15.6 Å². The predicted molar refractivity (Wildman–Crippen MR) is 153 cm³/mol. The van der Waals surface area contributed by atoms with Crippen LogP contribution in [0.4, 0.5) is 0 Å². The molecule has 0 unspecified atom stereocenters. The number of hydrogen-bond donors (Lipinski definition) is 6. The normalized spacial score (nSPS) is 9.53. The van der Waals surface area contributed by atoms with Gasteiger partial charge < -0.3 is 29.4 Å². The summed E-state index contributed by atoms with van der Waals surface area (Å²) < 4.78 is 17.8. The second kappa shape index (κ2) is 22.1. The smallest absolute Gasteiger partial charge is 0.303 e. The lowest BCUT2D eigenvalue weighted by Crippen LogP contribution is -1.66. The maximum atomic E-state index is 8.88. The van der Waals surface area contributed by atoms with Crippen molar-refractivity contribution in [2.24, 2.45) is 0 Å². The molecule has 0 aromatic heterocycles. The fourth-order valence-corrected chi connectivity index (χ4v) is 2.14. The first-order chi connectivity index (χ1) is 17.6. The molecule has 6 N–H and O–H groups in total. The van der Waals surface area contributed by atoms with Gasteiger partial charge in [0.2, 0.25) is 0 Å². The Hall–Kier alpha value is -2.90. The second-order valence-electron chi connectivity index (χ2n) is 7.65. The van der Waals surface area contributed by atoms with Crippen molar-refractivity contribution in [2.45, 2.75) is 27.7 Å². The Labute approximate surface area is 225 Å². The van der Waals surface area contributed by atoms with Crippen LogP contribution in [0, 0.1) is 27.7 Å². The fourth-order valence-electron chi connectivity index (χ4n) is 2.14. The highest BCUT2D eigenvalue weighted by Gasteiger charge is 2.00. The summed E-state index contributed by atoms with van der Waals surface area (Å²) in [5, 5.41) is 0. The monoisotopic (exact) mass is 564 g/mol. The number of hydrogen-bond acceptors (Lipinski definition) is 2. The molecule has 4 aromatic rings. The average molecular weight is 565 g/mol.